The lowest BCUT2D eigenvalue weighted by Crippen LogP contribution is -2.48. The molecule has 1 fully saturated rings. The SMILES string of the molecule is C=CC[C@@]1(c2ccccc2)C[C@H](c2ccc(Cl)cc2)[C@@H](C(=O)OC(C)(C)C)C(=O)O1. The summed E-state index contributed by atoms with van der Waals surface area (Å²) < 4.78 is 11.6. The molecule has 2 aromatic rings. The standard InChI is InChI=1S/C25H27ClO4/c1-5-15-25(18-9-7-6-8-10-18)16-20(17-11-13-19(26)14-12-17)21(23(28)30-25)22(27)29-24(2,3)4/h5-14,20-21H,1,15-16H2,2-4H3/t20-,21+,25+/m1/s1. The third kappa shape index (κ3) is 4.76. The number of hydrogen-bond donors (Lipinski definition) is 0. The van der Waals surface area contributed by atoms with Gasteiger partial charge in [-0.25, -0.2) is 0 Å². The first-order chi connectivity index (χ1) is 14.1. The van der Waals surface area contributed by atoms with Gasteiger partial charge in [-0.3, -0.25) is 9.59 Å². The van der Waals surface area contributed by atoms with Crippen LogP contribution in [0.4, 0.5) is 0 Å². The average Bonchev–Trinajstić information content (AvgIpc) is 2.67. The number of ether oxygens (including phenoxy) is 2. The van der Waals surface area contributed by atoms with Gasteiger partial charge in [-0.15, -0.1) is 6.58 Å². The lowest BCUT2D eigenvalue weighted by molar-refractivity contribution is -0.189. The molecule has 3 atom stereocenters. The molecule has 1 saturated heterocycles. The molecule has 3 rings (SSSR count). The average molecular weight is 427 g/mol. The zero-order valence-corrected chi connectivity index (χ0v) is 18.3. The Labute approximate surface area is 182 Å². The summed E-state index contributed by atoms with van der Waals surface area (Å²) in [7, 11) is 0. The van der Waals surface area contributed by atoms with Crippen LogP contribution in [-0.2, 0) is 24.7 Å². The Kier molecular flexibility index (Phi) is 6.37. The van der Waals surface area contributed by atoms with E-state index in [1.807, 2.05) is 42.5 Å². The summed E-state index contributed by atoms with van der Waals surface area (Å²) >= 11 is 6.07. The van der Waals surface area contributed by atoms with E-state index in [9.17, 15) is 9.59 Å². The third-order valence-electron chi connectivity index (χ3n) is 5.23. The molecule has 0 aliphatic carbocycles. The van der Waals surface area contributed by atoms with Gasteiger partial charge in [-0.1, -0.05) is 60.1 Å². The molecule has 0 saturated carbocycles. The van der Waals surface area contributed by atoms with E-state index >= 15 is 0 Å². The summed E-state index contributed by atoms with van der Waals surface area (Å²) in [5.74, 6) is -2.63. The molecule has 0 amide bonds. The second kappa shape index (κ2) is 8.65. The summed E-state index contributed by atoms with van der Waals surface area (Å²) in [6, 6.07) is 16.8. The highest BCUT2D eigenvalue weighted by atomic mass is 35.5. The molecule has 30 heavy (non-hydrogen) atoms. The fourth-order valence-electron chi connectivity index (χ4n) is 3.98. The first kappa shape index (κ1) is 22.1. The minimum atomic E-state index is -1.05. The van der Waals surface area contributed by atoms with E-state index in [0.29, 0.717) is 17.9 Å². The van der Waals surface area contributed by atoms with E-state index in [-0.39, 0.29) is 0 Å². The number of carbonyl (C=O) groups is 2. The Morgan fingerprint density at radius 2 is 1.83 bits per heavy atom. The molecule has 0 N–H and O–H groups in total. The molecule has 1 aliphatic heterocycles. The normalized spacial score (nSPS) is 24.1. The number of rotatable bonds is 5. The molecule has 1 aliphatic rings. The fourth-order valence-corrected chi connectivity index (χ4v) is 4.10. The molecular formula is C25H27ClO4. The maximum absolute atomic E-state index is 13.3. The minimum Gasteiger partial charge on any atom is -0.459 e. The van der Waals surface area contributed by atoms with Crippen molar-refractivity contribution in [3.05, 3.63) is 83.4 Å². The first-order valence-electron chi connectivity index (χ1n) is 10.0. The number of halogens is 1. The monoisotopic (exact) mass is 426 g/mol. The maximum Gasteiger partial charge on any atom is 0.321 e. The van der Waals surface area contributed by atoms with Crippen molar-refractivity contribution in [2.45, 2.75) is 50.7 Å². The van der Waals surface area contributed by atoms with Crippen LogP contribution in [0.2, 0.25) is 5.02 Å². The topological polar surface area (TPSA) is 52.6 Å². The third-order valence-corrected chi connectivity index (χ3v) is 5.49. The van der Waals surface area contributed by atoms with E-state index in [4.69, 9.17) is 21.1 Å². The molecule has 0 unspecified atom stereocenters. The van der Waals surface area contributed by atoms with Gasteiger partial charge in [0.1, 0.15) is 11.2 Å². The van der Waals surface area contributed by atoms with E-state index in [0.717, 1.165) is 11.1 Å². The Bertz CT molecular complexity index is 914. The molecule has 2 aromatic carbocycles. The van der Waals surface area contributed by atoms with Crippen molar-refractivity contribution in [3.8, 4) is 0 Å². The predicted octanol–water partition coefficient (Wildman–Crippen LogP) is 5.80. The van der Waals surface area contributed by atoms with Crippen molar-refractivity contribution in [3.63, 3.8) is 0 Å². The Morgan fingerprint density at radius 1 is 1.20 bits per heavy atom. The van der Waals surface area contributed by atoms with Crippen molar-refractivity contribution in [1.82, 2.24) is 0 Å². The summed E-state index contributed by atoms with van der Waals surface area (Å²) in [6.45, 7) is 9.20. The highest BCUT2D eigenvalue weighted by molar-refractivity contribution is 6.30. The molecule has 158 valence electrons. The summed E-state index contributed by atoms with van der Waals surface area (Å²) in [4.78, 5) is 26.3. The number of carbonyl (C=O) groups excluding carboxylic acids is 2. The van der Waals surface area contributed by atoms with Crippen LogP contribution in [0.5, 0.6) is 0 Å². The van der Waals surface area contributed by atoms with Gasteiger partial charge >= 0.3 is 11.9 Å². The van der Waals surface area contributed by atoms with Crippen LogP contribution in [0.1, 0.15) is 50.7 Å². The minimum absolute atomic E-state index is 0.418. The Morgan fingerprint density at radius 3 is 2.40 bits per heavy atom. The molecule has 5 heteroatoms. The van der Waals surface area contributed by atoms with Crippen LogP contribution in [0.25, 0.3) is 0 Å². The summed E-state index contributed by atoms with van der Waals surface area (Å²) in [5, 5.41) is 0.589. The van der Waals surface area contributed by atoms with Crippen LogP contribution in [-0.4, -0.2) is 17.5 Å². The molecule has 1 heterocycles. The van der Waals surface area contributed by atoms with E-state index in [1.165, 1.54) is 0 Å². The van der Waals surface area contributed by atoms with Gasteiger partial charge in [0.05, 0.1) is 0 Å². The molecule has 0 spiro atoms. The molecule has 0 aromatic heterocycles. The van der Waals surface area contributed by atoms with Gasteiger partial charge in [0.25, 0.3) is 0 Å². The lowest BCUT2D eigenvalue weighted by Gasteiger charge is -2.43. The van der Waals surface area contributed by atoms with Gasteiger partial charge in [-0.2, -0.15) is 0 Å². The van der Waals surface area contributed by atoms with Crippen molar-refractivity contribution in [1.29, 1.82) is 0 Å². The number of hydrogen-bond acceptors (Lipinski definition) is 4. The van der Waals surface area contributed by atoms with Gasteiger partial charge in [0.2, 0.25) is 0 Å². The molecule has 4 nitrogen and oxygen atoms in total. The highest BCUT2D eigenvalue weighted by Crippen LogP contribution is 2.48. The van der Waals surface area contributed by atoms with Crippen molar-refractivity contribution >= 4 is 23.5 Å². The fraction of sp³-hybridized carbons (Fsp3) is 0.360. The second-order valence-corrected chi connectivity index (χ2v) is 9.08. The predicted molar refractivity (Wildman–Crippen MR) is 117 cm³/mol. The van der Waals surface area contributed by atoms with Crippen molar-refractivity contribution < 1.29 is 19.1 Å². The van der Waals surface area contributed by atoms with E-state index in [1.54, 1.807) is 39.0 Å². The molecule has 0 radical (unpaired) electrons. The summed E-state index contributed by atoms with van der Waals surface area (Å²) in [6.07, 6.45) is 2.61. The lowest BCUT2D eigenvalue weighted by atomic mass is 9.72. The summed E-state index contributed by atoms with van der Waals surface area (Å²) in [5.41, 5.74) is 0.107. The van der Waals surface area contributed by atoms with Gasteiger partial charge in [0, 0.05) is 23.8 Å². The zero-order chi connectivity index (χ0) is 21.9. The highest BCUT2D eigenvalue weighted by Gasteiger charge is 2.52. The van der Waals surface area contributed by atoms with E-state index < -0.39 is 35.0 Å². The van der Waals surface area contributed by atoms with Crippen LogP contribution in [0.3, 0.4) is 0 Å². The van der Waals surface area contributed by atoms with Gasteiger partial charge in [0.15, 0.2) is 5.92 Å². The van der Waals surface area contributed by atoms with Crippen LogP contribution in [0.15, 0.2) is 67.3 Å². The largest absolute Gasteiger partial charge is 0.459 e. The van der Waals surface area contributed by atoms with Crippen molar-refractivity contribution in [2.75, 3.05) is 0 Å². The number of cyclic esters (lactones) is 1. The smallest absolute Gasteiger partial charge is 0.321 e. The van der Waals surface area contributed by atoms with Crippen LogP contribution in [0, 0.1) is 5.92 Å². The van der Waals surface area contributed by atoms with Crippen molar-refractivity contribution in [2.24, 2.45) is 5.92 Å². The van der Waals surface area contributed by atoms with Crippen LogP contribution >= 0.6 is 11.6 Å². The molecule has 0 bridgehead atoms. The van der Waals surface area contributed by atoms with Crippen LogP contribution < -0.4 is 0 Å². The second-order valence-electron chi connectivity index (χ2n) is 8.65. The Hall–Kier alpha value is -2.59. The Balaban J connectivity index is 2.08. The maximum atomic E-state index is 13.3. The zero-order valence-electron chi connectivity index (χ0n) is 17.6. The van der Waals surface area contributed by atoms with Gasteiger partial charge in [-0.05, 0) is 44.0 Å². The van der Waals surface area contributed by atoms with Gasteiger partial charge < -0.3 is 9.47 Å². The van der Waals surface area contributed by atoms with E-state index in [2.05, 4.69) is 6.58 Å². The quantitative estimate of drug-likeness (QED) is 0.344. The number of benzene rings is 2. The molecular weight excluding hydrogens is 400 g/mol. The number of esters is 2. The first-order valence-corrected chi connectivity index (χ1v) is 10.4.